The second kappa shape index (κ2) is 7.29. The number of benzene rings is 1. The number of nitrogens with zero attached hydrogens (tertiary/aromatic N) is 3. The Balaban J connectivity index is 1.56. The van der Waals surface area contributed by atoms with E-state index in [1.54, 1.807) is 4.90 Å². The highest BCUT2D eigenvalue weighted by Gasteiger charge is 2.51. The van der Waals surface area contributed by atoms with Crippen molar-refractivity contribution in [2.75, 3.05) is 60.0 Å². The van der Waals surface area contributed by atoms with Crippen molar-refractivity contribution in [3.05, 3.63) is 35.9 Å². The van der Waals surface area contributed by atoms with Crippen molar-refractivity contribution in [2.24, 2.45) is 5.92 Å². The smallest absolute Gasteiger partial charge is 0.236 e. The van der Waals surface area contributed by atoms with Crippen LogP contribution < -0.4 is 0 Å². The maximum atomic E-state index is 12.3. The van der Waals surface area contributed by atoms with Gasteiger partial charge >= 0.3 is 0 Å². The van der Waals surface area contributed by atoms with Crippen molar-refractivity contribution < 1.29 is 9.53 Å². The maximum Gasteiger partial charge on any atom is 0.236 e. The Morgan fingerprint density at radius 2 is 2.08 bits per heavy atom. The van der Waals surface area contributed by atoms with Gasteiger partial charge in [-0.1, -0.05) is 30.3 Å². The molecule has 26 heavy (non-hydrogen) atoms. The molecule has 3 atom stereocenters. The minimum atomic E-state index is 0.184. The van der Waals surface area contributed by atoms with E-state index in [2.05, 4.69) is 40.1 Å². The van der Waals surface area contributed by atoms with Gasteiger partial charge in [-0.05, 0) is 30.9 Å². The number of amides is 1. The summed E-state index contributed by atoms with van der Waals surface area (Å²) < 4.78 is 5.63. The lowest BCUT2D eigenvalue weighted by Crippen LogP contribution is -2.52. The number of likely N-dealkylation sites (tertiary alicyclic amines) is 2. The van der Waals surface area contributed by atoms with Crippen molar-refractivity contribution in [1.82, 2.24) is 14.7 Å². The van der Waals surface area contributed by atoms with Crippen LogP contribution in [0.15, 0.2) is 30.3 Å². The molecule has 3 fully saturated rings. The molecule has 0 unspecified atom stereocenters. The molecule has 0 radical (unpaired) electrons. The van der Waals surface area contributed by atoms with Crippen molar-refractivity contribution in [3.63, 3.8) is 0 Å². The predicted molar refractivity (Wildman–Crippen MR) is 102 cm³/mol. The topological polar surface area (TPSA) is 36.0 Å². The van der Waals surface area contributed by atoms with Crippen molar-refractivity contribution in [3.8, 4) is 0 Å². The molecule has 3 saturated heterocycles. The number of hydrogen-bond donors (Lipinski definition) is 0. The quantitative estimate of drug-likeness (QED) is 0.817. The summed E-state index contributed by atoms with van der Waals surface area (Å²) in [5, 5.41) is 0. The summed E-state index contributed by atoms with van der Waals surface area (Å²) in [6.45, 7) is 6.58. The summed E-state index contributed by atoms with van der Waals surface area (Å²) in [6.07, 6.45) is 2.33. The molecule has 142 valence electrons. The standard InChI is InChI=1S/C21H31N3O2/c1-22(2)20(25)14-23-12-18-13-24(19-8-11-26-15-19)10-9-21(18,16-23)17-6-4-3-5-7-17/h3-7,18-19H,8-16H2,1-2H3/t18-,19-,21+/m1/s1. The number of carbonyl (C=O) groups is 1. The molecule has 5 heteroatoms. The van der Waals surface area contributed by atoms with Gasteiger partial charge in [-0.3, -0.25) is 14.6 Å². The molecule has 3 aliphatic heterocycles. The first kappa shape index (κ1) is 18.0. The van der Waals surface area contributed by atoms with Gasteiger partial charge in [0.05, 0.1) is 13.2 Å². The molecule has 5 nitrogen and oxygen atoms in total. The first-order valence-electron chi connectivity index (χ1n) is 9.88. The number of piperidine rings is 1. The van der Waals surface area contributed by atoms with Gasteiger partial charge in [-0.2, -0.15) is 0 Å². The summed E-state index contributed by atoms with van der Waals surface area (Å²) in [6, 6.07) is 11.6. The fourth-order valence-corrected chi connectivity index (χ4v) is 5.15. The molecule has 0 aromatic heterocycles. The normalized spacial score (nSPS) is 32.5. The average Bonchev–Trinajstić information content (AvgIpc) is 3.29. The Labute approximate surface area is 156 Å². The molecule has 0 aliphatic carbocycles. The van der Waals surface area contributed by atoms with E-state index in [1.165, 1.54) is 12.0 Å². The summed E-state index contributed by atoms with van der Waals surface area (Å²) in [7, 11) is 3.69. The molecule has 3 heterocycles. The number of rotatable bonds is 4. The summed E-state index contributed by atoms with van der Waals surface area (Å²) in [5.74, 6) is 0.780. The van der Waals surface area contributed by atoms with E-state index in [0.29, 0.717) is 18.5 Å². The summed E-state index contributed by atoms with van der Waals surface area (Å²) in [5.41, 5.74) is 1.64. The van der Waals surface area contributed by atoms with Crippen LogP contribution in [0.4, 0.5) is 0 Å². The van der Waals surface area contributed by atoms with E-state index in [0.717, 1.165) is 45.8 Å². The zero-order chi connectivity index (χ0) is 18.1. The molecule has 0 N–H and O–H groups in total. The van der Waals surface area contributed by atoms with E-state index >= 15 is 0 Å². The molecule has 1 amide bonds. The molecule has 0 bridgehead atoms. The van der Waals surface area contributed by atoms with Crippen LogP contribution in [0.25, 0.3) is 0 Å². The second-order valence-electron chi connectivity index (χ2n) is 8.44. The van der Waals surface area contributed by atoms with Gasteiger partial charge in [0.1, 0.15) is 0 Å². The summed E-state index contributed by atoms with van der Waals surface area (Å²) >= 11 is 0. The average molecular weight is 357 g/mol. The Bertz CT molecular complexity index is 629. The summed E-state index contributed by atoms with van der Waals surface area (Å²) in [4.78, 5) is 19.0. The fraction of sp³-hybridized carbons (Fsp3) is 0.667. The minimum absolute atomic E-state index is 0.184. The van der Waals surface area contributed by atoms with E-state index in [4.69, 9.17) is 4.74 Å². The van der Waals surface area contributed by atoms with Gasteiger partial charge < -0.3 is 9.64 Å². The van der Waals surface area contributed by atoms with Crippen LogP contribution in [-0.4, -0.2) is 86.7 Å². The largest absolute Gasteiger partial charge is 0.380 e. The van der Waals surface area contributed by atoms with Gasteiger partial charge in [-0.25, -0.2) is 0 Å². The highest BCUT2D eigenvalue weighted by atomic mass is 16.5. The highest BCUT2D eigenvalue weighted by Crippen LogP contribution is 2.45. The van der Waals surface area contributed by atoms with Gasteiger partial charge in [0, 0.05) is 51.8 Å². The van der Waals surface area contributed by atoms with Crippen LogP contribution in [0.5, 0.6) is 0 Å². The van der Waals surface area contributed by atoms with Crippen LogP contribution in [-0.2, 0) is 14.9 Å². The molecular weight excluding hydrogens is 326 g/mol. The van der Waals surface area contributed by atoms with Gasteiger partial charge in [0.25, 0.3) is 0 Å². The minimum Gasteiger partial charge on any atom is -0.380 e. The fourth-order valence-electron chi connectivity index (χ4n) is 5.15. The molecule has 3 aliphatic rings. The van der Waals surface area contributed by atoms with Gasteiger partial charge in [-0.15, -0.1) is 0 Å². The van der Waals surface area contributed by atoms with Gasteiger partial charge in [0.15, 0.2) is 0 Å². The molecule has 0 saturated carbocycles. The van der Waals surface area contributed by atoms with E-state index in [9.17, 15) is 4.79 Å². The number of likely N-dealkylation sites (N-methyl/N-ethyl adjacent to an activating group) is 1. The third kappa shape index (κ3) is 3.28. The molecule has 1 aromatic rings. The zero-order valence-corrected chi connectivity index (χ0v) is 16.1. The van der Waals surface area contributed by atoms with Crippen LogP contribution in [0, 0.1) is 5.92 Å². The zero-order valence-electron chi connectivity index (χ0n) is 16.1. The van der Waals surface area contributed by atoms with E-state index in [1.807, 2.05) is 14.1 Å². The second-order valence-corrected chi connectivity index (χ2v) is 8.44. The SMILES string of the molecule is CN(C)C(=O)CN1C[C@@H]2CN([C@@H]3CCOC3)CC[C@@]2(c2ccccc2)C1. The lowest BCUT2D eigenvalue weighted by Gasteiger charge is -2.45. The maximum absolute atomic E-state index is 12.3. The Morgan fingerprint density at radius 1 is 1.27 bits per heavy atom. The third-order valence-electron chi connectivity index (χ3n) is 6.69. The number of fused-ring (bicyclic) bond motifs is 1. The third-order valence-corrected chi connectivity index (χ3v) is 6.69. The number of hydrogen-bond acceptors (Lipinski definition) is 4. The van der Waals surface area contributed by atoms with Gasteiger partial charge in [0.2, 0.25) is 5.91 Å². The predicted octanol–water partition coefficient (Wildman–Crippen LogP) is 1.44. The monoisotopic (exact) mass is 357 g/mol. The Hall–Kier alpha value is -1.43. The highest BCUT2D eigenvalue weighted by molar-refractivity contribution is 5.77. The lowest BCUT2D eigenvalue weighted by atomic mass is 9.67. The van der Waals surface area contributed by atoms with E-state index in [-0.39, 0.29) is 11.3 Å². The van der Waals surface area contributed by atoms with Crippen LogP contribution >= 0.6 is 0 Å². The van der Waals surface area contributed by atoms with Crippen LogP contribution in [0.2, 0.25) is 0 Å². The Morgan fingerprint density at radius 3 is 2.77 bits per heavy atom. The molecule has 0 spiro atoms. The van der Waals surface area contributed by atoms with Crippen LogP contribution in [0.1, 0.15) is 18.4 Å². The molecule has 4 rings (SSSR count). The van der Waals surface area contributed by atoms with E-state index < -0.39 is 0 Å². The molecular formula is C21H31N3O2. The van der Waals surface area contributed by atoms with Crippen molar-refractivity contribution >= 4 is 5.91 Å². The lowest BCUT2D eigenvalue weighted by molar-refractivity contribution is -0.129. The first-order chi connectivity index (χ1) is 12.6. The number of ether oxygens (including phenoxy) is 1. The Kier molecular flexibility index (Phi) is 5.04. The first-order valence-corrected chi connectivity index (χ1v) is 9.88. The van der Waals surface area contributed by atoms with Crippen molar-refractivity contribution in [2.45, 2.75) is 24.3 Å². The van der Waals surface area contributed by atoms with Crippen molar-refractivity contribution in [1.29, 1.82) is 0 Å². The number of carbonyl (C=O) groups excluding carboxylic acids is 1. The molecule has 1 aromatic carbocycles. The van der Waals surface area contributed by atoms with Crippen LogP contribution in [0.3, 0.4) is 0 Å².